The molecule has 5 nitrogen and oxygen atoms in total. The number of anilines is 1. The molecule has 0 aromatic heterocycles. The molecule has 112 valence electrons. The van der Waals surface area contributed by atoms with Crippen molar-refractivity contribution in [1.29, 1.82) is 0 Å². The summed E-state index contributed by atoms with van der Waals surface area (Å²) in [5.41, 5.74) is 2.22. The zero-order chi connectivity index (χ0) is 15.4. The van der Waals surface area contributed by atoms with Gasteiger partial charge in [0, 0.05) is 29.4 Å². The quantitative estimate of drug-likeness (QED) is 0.940. The number of nitrogens with one attached hydrogen (secondary N) is 1. The lowest BCUT2D eigenvalue weighted by atomic mass is 10.0. The topological polar surface area (TPSA) is 59.9 Å². The Labute approximate surface area is 128 Å². The molecule has 1 aliphatic heterocycles. The molecule has 0 saturated heterocycles. The lowest BCUT2D eigenvalue weighted by Crippen LogP contribution is -2.14. The zero-order valence-electron chi connectivity index (χ0n) is 12.2. The van der Waals surface area contributed by atoms with Crippen molar-refractivity contribution in [2.24, 2.45) is 5.16 Å². The van der Waals surface area contributed by atoms with Gasteiger partial charge in [0.05, 0.1) is 7.11 Å². The minimum Gasteiger partial charge on any atom is -0.497 e. The number of carbonyl (C=O) groups excluding carboxylic acids is 1. The molecule has 1 atom stereocenters. The standard InChI is InChI=1S/C17H16N2O3/c1-21-13-8-6-12(7-9-13)17(20)19-15-5-3-2-4-14(15)16-10-11-18-22-16/h2-9,11,16H,10H2,1H3,(H,19,20)/t16-/m1/s1. The average molecular weight is 296 g/mol. The summed E-state index contributed by atoms with van der Waals surface area (Å²) >= 11 is 0. The number of oxime groups is 1. The number of ether oxygens (including phenoxy) is 1. The van der Waals surface area contributed by atoms with Crippen LogP contribution in [-0.2, 0) is 4.84 Å². The SMILES string of the molecule is COc1ccc(C(=O)Nc2ccccc2[C@H]2CC=NO2)cc1. The Hall–Kier alpha value is -2.82. The van der Waals surface area contributed by atoms with E-state index in [9.17, 15) is 4.79 Å². The van der Waals surface area contributed by atoms with Gasteiger partial charge in [-0.1, -0.05) is 23.4 Å². The van der Waals surface area contributed by atoms with Gasteiger partial charge in [0.2, 0.25) is 0 Å². The molecule has 0 spiro atoms. The molecule has 0 bridgehead atoms. The van der Waals surface area contributed by atoms with Crippen LogP contribution in [0.25, 0.3) is 0 Å². The molecule has 0 radical (unpaired) electrons. The molecule has 0 unspecified atom stereocenters. The van der Waals surface area contributed by atoms with Crippen LogP contribution in [0, 0.1) is 0 Å². The number of amides is 1. The summed E-state index contributed by atoms with van der Waals surface area (Å²) in [5, 5.41) is 6.71. The maximum atomic E-state index is 12.4. The fourth-order valence-electron chi connectivity index (χ4n) is 2.31. The highest BCUT2D eigenvalue weighted by Gasteiger charge is 2.20. The molecule has 22 heavy (non-hydrogen) atoms. The zero-order valence-corrected chi connectivity index (χ0v) is 12.2. The van der Waals surface area contributed by atoms with E-state index in [0.29, 0.717) is 17.7 Å². The van der Waals surface area contributed by atoms with Gasteiger partial charge in [-0.15, -0.1) is 0 Å². The Morgan fingerprint density at radius 3 is 2.68 bits per heavy atom. The second-order valence-corrected chi connectivity index (χ2v) is 4.89. The fraction of sp³-hybridized carbons (Fsp3) is 0.176. The summed E-state index contributed by atoms with van der Waals surface area (Å²) in [6, 6.07) is 14.6. The van der Waals surface area contributed by atoms with Crippen molar-refractivity contribution in [2.45, 2.75) is 12.5 Å². The number of para-hydroxylation sites is 1. The van der Waals surface area contributed by atoms with E-state index in [-0.39, 0.29) is 12.0 Å². The van der Waals surface area contributed by atoms with Crippen molar-refractivity contribution in [3.8, 4) is 5.75 Å². The van der Waals surface area contributed by atoms with E-state index in [1.807, 2.05) is 24.3 Å². The van der Waals surface area contributed by atoms with E-state index in [1.54, 1.807) is 37.6 Å². The van der Waals surface area contributed by atoms with Crippen LogP contribution in [0.3, 0.4) is 0 Å². The van der Waals surface area contributed by atoms with Gasteiger partial charge in [0.1, 0.15) is 5.75 Å². The highest BCUT2D eigenvalue weighted by molar-refractivity contribution is 6.04. The molecule has 0 fully saturated rings. The van der Waals surface area contributed by atoms with Crippen LogP contribution in [-0.4, -0.2) is 19.2 Å². The lowest BCUT2D eigenvalue weighted by molar-refractivity contribution is 0.0861. The monoisotopic (exact) mass is 296 g/mol. The number of methoxy groups -OCH3 is 1. The maximum Gasteiger partial charge on any atom is 0.255 e. The summed E-state index contributed by atoms with van der Waals surface area (Å²) in [5.74, 6) is 0.544. The van der Waals surface area contributed by atoms with Crippen LogP contribution < -0.4 is 10.1 Å². The van der Waals surface area contributed by atoms with Gasteiger partial charge in [-0.25, -0.2) is 0 Å². The smallest absolute Gasteiger partial charge is 0.255 e. The van der Waals surface area contributed by atoms with Gasteiger partial charge in [-0.3, -0.25) is 4.79 Å². The highest BCUT2D eigenvalue weighted by atomic mass is 16.6. The number of rotatable bonds is 4. The summed E-state index contributed by atoms with van der Waals surface area (Å²) in [4.78, 5) is 17.7. The minimum atomic E-state index is -0.172. The van der Waals surface area contributed by atoms with E-state index in [2.05, 4.69) is 10.5 Å². The van der Waals surface area contributed by atoms with Crippen LogP contribution in [0.1, 0.15) is 28.4 Å². The van der Waals surface area contributed by atoms with Crippen molar-refractivity contribution >= 4 is 17.8 Å². The Bertz CT molecular complexity index is 687. The number of hydrogen-bond acceptors (Lipinski definition) is 4. The van der Waals surface area contributed by atoms with Crippen LogP contribution in [0.15, 0.2) is 53.7 Å². The minimum absolute atomic E-state index is 0.146. The Morgan fingerprint density at radius 1 is 1.23 bits per heavy atom. The van der Waals surface area contributed by atoms with Crippen molar-refractivity contribution in [3.63, 3.8) is 0 Å². The number of hydrogen-bond donors (Lipinski definition) is 1. The molecular weight excluding hydrogens is 280 g/mol. The third-order valence-corrected chi connectivity index (χ3v) is 3.49. The van der Waals surface area contributed by atoms with Crippen LogP contribution in [0.2, 0.25) is 0 Å². The second-order valence-electron chi connectivity index (χ2n) is 4.89. The first-order valence-corrected chi connectivity index (χ1v) is 7.00. The maximum absolute atomic E-state index is 12.4. The first-order valence-electron chi connectivity index (χ1n) is 7.00. The van der Waals surface area contributed by atoms with Gasteiger partial charge in [0.15, 0.2) is 6.10 Å². The predicted octanol–water partition coefficient (Wildman–Crippen LogP) is 3.39. The van der Waals surface area contributed by atoms with E-state index >= 15 is 0 Å². The molecular formula is C17H16N2O3. The molecule has 0 saturated carbocycles. The summed E-state index contributed by atoms with van der Waals surface area (Å²) in [6.07, 6.45) is 2.29. The number of carbonyl (C=O) groups is 1. The van der Waals surface area contributed by atoms with Crippen molar-refractivity contribution in [1.82, 2.24) is 0 Å². The molecule has 2 aromatic carbocycles. The predicted molar refractivity (Wildman–Crippen MR) is 84.3 cm³/mol. The third kappa shape index (κ3) is 2.93. The Balaban J connectivity index is 1.78. The van der Waals surface area contributed by atoms with E-state index < -0.39 is 0 Å². The second kappa shape index (κ2) is 6.30. The van der Waals surface area contributed by atoms with Crippen molar-refractivity contribution in [2.75, 3.05) is 12.4 Å². The molecule has 1 aliphatic rings. The van der Waals surface area contributed by atoms with Gasteiger partial charge < -0.3 is 14.9 Å². The Kier molecular flexibility index (Phi) is 4.05. The molecule has 1 amide bonds. The first kappa shape index (κ1) is 14.1. The van der Waals surface area contributed by atoms with Crippen LogP contribution in [0.5, 0.6) is 5.75 Å². The van der Waals surface area contributed by atoms with Gasteiger partial charge >= 0.3 is 0 Å². The molecule has 1 N–H and O–H groups in total. The van der Waals surface area contributed by atoms with Crippen molar-refractivity contribution < 1.29 is 14.4 Å². The number of benzene rings is 2. The van der Waals surface area contributed by atoms with Crippen LogP contribution in [0.4, 0.5) is 5.69 Å². The molecule has 3 rings (SSSR count). The number of nitrogens with zero attached hydrogens (tertiary/aromatic N) is 1. The normalized spacial score (nSPS) is 16.1. The largest absolute Gasteiger partial charge is 0.497 e. The molecule has 0 aliphatic carbocycles. The van der Waals surface area contributed by atoms with E-state index in [4.69, 9.17) is 9.57 Å². The van der Waals surface area contributed by atoms with E-state index in [0.717, 1.165) is 11.3 Å². The average Bonchev–Trinajstić information content (AvgIpc) is 3.10. The molecule has 2 aromatic rings. The molecule has 5 heteroatoms. The van der Waals surface area contributed by atoms with Gasteiger partial charge in [-0.05, 0) is 30.3 Å². The molecule has 1 heterocycles. The van der Waals surface area contributed by atoms with Crippen molar-refractivity contribution in [3.05, 3.63) is 59.7 Å². The first-order chi connectivity index (χ1) is 10.8. The van der Waals surface area contributed by atoms with E-state index in [1.165, 1.54) is 0 Å². The van der Waals surface area contributed by atoms with Gasteiger partial charge in [-0.2, -0.15) is 0 Å². The summed E-state index contributed by atoms with van der Waals surface area (Å²) < 4.78 is 5.09. The van der Waals surface area contributed by atoms with Crippen LogP contribution >= 0.6 is 0 Å². The summed E-state index contributed by atoms with van der Waals surface area (Å²) in [7, 11) is 1.59. The summed E-state index contributed by atoms with van der Waals surface area (Å²) in [6.45, 7) is 0. The highest BCUT2D eigenvalue weighted by Crippen LogP contribution is 2.30. The van der Waals surface area contributed by atoms with Gasteiger partial charge in [0.25, 0.3) is 5.91 Å². The fourth-order valence-corrected chi connectivity index (χ4v) is 2.31. The Morgan fingerprint density at radius 2 is 2.00 bits per heavy atom. The lowest BCUT2D eigenvalue weighted by Gasteiger charge is -2.14. The third-order valence-electron chi connectivity index (χ3n) is 3.49.